The molecule has 3 aliphatic rings. The van der Waals surface area contributed by atoms with Gasteiger partial charge >= 0.3 is 7.12 Å². The highest BCUT2D eigenvalue weighted by atomic mass is 16.5. The van der Waals surface area contributed by atoms with E-state index >= 15 is 0 Å². The van der Waals surface area contributed by atoms with Crippen molar-refractivity contribution >= 4 is 12.6 Å². The molecule has 0 aromatic heterocycles. The summed E-state index contributed by atoms with van der Waals surface area (Å²) in [4.78, 5) is 2.56. The number of rotatable bonds is 5. The summed E-state index contributed by atoms with van der Waals surface area (Å²) in [5.41, 5.74) is 3.42. The Morgan fingerprint density at radius 1 is 1.35 bits per heavy atom. The van der Waals surface area contributed by atoms with Gasteiger partial charge in [-0.15, -0.1) is 0 Å². The van der Waals surface area contributed by atoms with Gasteiger partial charge in [-0.25, -0.2) is 0 Å². The van der Waals surface area contributed by atoms with E-state index in [1.165, 1.54) is 44.5 Å². The van der Waals surface area contributed by atoms with Gasteiger partial charge in [-0.05, 0) is 67.3 Å². The van der Waals surface area contributed by atoms with Crippen LogP contribution in [-0.2, 0) is 17.8 Å². The minimum atomic E-state index is -0.725. The van der Waals surface area contributed by atoms with Gasteiger partial charge in [0.25, 0.3) is 0 Å². The Labute approximate surface area is 139 Å². The molecule has 124 valence electrons. The zero-order chi connectivity index (χ0) is 15.8. The second-order valence-corrected chi connectivity index (χ2v) is 7.64. The lowest BCUT2D eigenvalue weighted by Gasteiger charge is -2.32. The molecule has 1 aliphatic carbocycles. The molecule has 0 bridgehead atoms. The molecule has 0 radical (unpaired) electrons. The maximum absolute atomic E-state index is 9.69. The standard InChI is InChI=1S/C18H27BN2O2/c1-13-8-18(13)20-10-14-4-6-21(7-5-14)11-15-2-3-17-16(9-15)12-23-19(17)22/h2-3,9,13-14,18,20,22H,4-8,10-12H2,1H3/t13-,18-/m1/s1. The summed E-state index contributed by atoms with van der Waals surface area (Å²) in [5.74, 6) is 1.75. The number of hydrogen-bond acceptors (Lipinski definition) is 4. The second-order valence-electron chi connectivity index (χ2n) is 7.64. The van der Waals surface area contributed by atoms with Crippen LogP contribution in [0.3, 0.4) is 0 Å². The zero-order valence-corrected chi connectivity index (χ0v) is 14.0. The van der Waals surface area contributed by atoms with Gasteiger partial charge in [-0.1, -0.05) is 25.1 Å². The first-order chi connectivity index (χ1) is 11.2. The van der Waals surface area contributed by atoms with Crippen LogP contribution in [0.5, 0.6) is 0 Å². The van der Waals surface area contributed by atoms with E-state index in [2.05, 4.69) is 29.3 Å². The molecule has 0 spiro atoms. The molecule has 1 saturated heterocycles. The summed E-state index contributed by atoms with van der Waals surface area (Å²) in [6.07, 6.45) is 3.98. The lowest BCUT2D eigenvalue weighted by atomic mass is 9.79. The summed E-state index contributed by atoms with van der Waals surface area (Å²) < 4.78 is 5.28. The van der Waals surface area contributed by atoms with Crippen molar-refractivity contribution < 1.29 is 9.68 Å². The van der Waals surface area contributed by atoms with Crippen molar-refractivity contribution in [3.8, 4) is 0 Å². The molecule has 2 heterocycles. The Bertz CT molecular complexity index is 560. The normalized spacial score (nSPS) is 28.2. The Balaban J connectivity index is 1.25. The lowest BCUT2D eigenvalue weighted by Crippen LogP contribution is -2.37. The number of nitrogens with zero attached hydrogens (tertiary/aromatic N) is 1. The predicted molar refractivity (Wildman–Crippen MR) is 92.4 cm³/mol. The van der Waals surface area contributed by atoms with E-state index in [9.17, 15) is 5.02 Å². The van der Waals surface area contributed by atoms with Crippen molar-refractivity contribution in [1.82, 2.24) is 10.2 Å². The van der Waals surface area contributed by atoms with E-state index < -0.39 is 7.12 Å². The average molecular weight is 314 g/mol. The topological polar surface area (TPSA) is 44.7 Å². The molecule has 5 heteroatoms. The van der Waals surface area contributed by atoms with Gasteiger partial charge in [-0.3, -0.25) is 4.90 Å². The summed E-state index contributed by atoms with van der Waals surface area (Å²) in [6, 6.07) is 7.17. The summed E-state index contributed by atoms with van der Waals surface area (Å²) in [5, 5.41) is 13.4. The van der Waals surface area contributed by atoms with E-state index in [1.807, 2.05) is 6.07 Å². The Hall–Kier alpha value is -0.875. The van der Waals surface area contributed by atoms with Crippen LogP contribution in [0.25, 0.3) is 0 Å². The second kappa shape index (κ2) is 6.56. The summed E-state index contributed by atoms with van der Waals surface area (Å²) >= 11 is 0. The fraction of sp³-hybridized carbons (Fsp3) is 0.667. The van der Waals surface area contributed by atoms with Crippen LogP contribution in [0.1, 0.15) is 37.3 Å². The fourth-order valence-electron chi connectivity index (χ4n) is 3.91. The Morgan fingerprint density at radius 2 is 2.13 bits per heavy atom. The number of hydrogen-bond donors (Lipinski definition) is 2. The van der Waals surface area contributed by atoms with Crippen molar-refractivity contribution in [1.29, 1.82) is 0 Å². The molecular formula is C18H27BN2O2. The van der Waals surface area contributed by atoms with Gasteiger partial charge in [0.05, 0.1) is 6.61 Å². The average Bonchev–Trinajstić information content (AvgIpc) is 3.15. The molecule has 4 rings (SSSR count). The summed E-state index contributed by atoms with van der Waals surface area (Å²) in [6.45, 7) is 7.49. The van der Waals surface area contributed by atoms with Gasteiger partial charge < -0.3 is 15.0 Å². The molecule has 2 N–H and O–H groups in total. The van der Waals surface area contributed by atoms with Gasteiger partial charge in [0.1, 0.15) is 0 Å². The monoisotopic (exact) mass is 314 g/mol. The Morgan fingerprint density at radius 3 is 2.87 bits per heavy atom. The molecule has 1 aromatic carbocycles. The van der Waals surface area contributed by atoms with E-state index in [-0.39, 0.29) is 0 Å². The smallest absolute Gasteiger partial charge is 0.423 e. The molecular weight excluding hydrogens is 287 g/mol. The molecule has 4 nitrogen and oxygen atoms in total. The molecule has 0 unspecified atom stereocenters. The van der Waals surface area contributed by atoms with Crippen LogP contribution in [0.15, 0.2) is 18.2 Å². The number of fused-ring (bicyclic) bond motifs is 1. The third-order valence-electron chi connectivity index (χ3n) is 5.76. The van der Waals surface area contributed by atoms with Gasteiger partial charge in [0, 0.05) is 12.6 Å². The van der Waals surface area contributed by atoms with Crippen LogP contribution in [0.2, 0.25) is 0 Å². The third-order valence-corrected chi connectivity index (χ3v) is 5.76. The van der Waals surface area contributed by atoms with Crippen LogP contribution >= 0.6 is 0 Å². The largest absolute Gasteiger partial charge is 0.491 e. The molecule has 23 heavy (non-hydrogen) atoms. The van der Waals surface area contributed by atoms with Crippen molar-refractivity contribution in [2.45, 2.75) is 45.4 Å². The first-order valence-electron chi connectivity index (χ1n) is 9.06. The highest BCUT2D eigenvalue weighted by Crippen LogP contribution is 2.29. The fourth-order valence-corrected chi connectivity index (χ4v) is 3.91. The molecule has 2 atom stereocenters. The van der Waals surface area contributed by atoms with E-state index in [0.29, 0.717) is 6.61 Å². The predicted octanol–water partition coefficient (Wildman–Crippen LogP) is 1.11. The van der Waals surface area contributed by atoms with E-state index in [4.69, 9.17) is 4.65 Å². The molecule has 2 aliphatic heterocycles. The number of likely N-dealkylation sites (tertiary alicyclic amines) is 1. The van der Waals surface area contributed by atoms with Crippen molar-refractivity contribution in [2.24, 2.45) is 11.8 Å². The minimum absolute atomic E-state index is 0.539. The van der Waals surface area contributed by atoms with Crippen molar-refractivity contribution in [3.63, 3.8) is 0 Å². The SMILES string of the molecule is C[C@@H]1C[C@H]1NCC1CCN(Cc2ccc3c(c2)COB3O)CC1. The minimum Gasteiger partial charge on any atom is -0.423 e. The molecule has 1 aromatic rings. The van der Waals surface area contributed by atoms with Crippen LogP contribution < -0.4 is 10.8 Å². The van der Waals surface area contributed by atoms with Gasteiger partial charge in [0.15, 0.2) is 0 Å². The highest BCUT2D eigenvalue weighted by molar-refractivity contribution is 6.61. The van der Waals surface area contributed by atoms with Gasteiger partial charge in [0.2, 0.25) is 0 Å². The Kier molecular flexibility index (Phi) is 4.46. The first kappa shape index (κ1) is 15.6. The van der Waals surface area contributed by atoms with E-state index in [0.717, 1.165) is 35.4 Å². The van der Waals surface area contributed by atoms with Crippen LogP contribution in [-0.4, -0.2) is 42.7 Å². The summed E-state index contributed by atoms with van der Waals surface area (Å²) in [7, 11) is -0.725. The lowest BCUT2D eigenvalue weighted by molar-refractivity contribution is 0.175. The number of piperidine rings is 1. The maximum atomic E-state index is 9.69. The van der Waals surface area contributed by atoms with Crippen molar-refractivity contribution in [3.05, 3.63) is 29.3 Å². The van der Waals surface area contributed by atoms with Crippen LogP contribution in [0, 0.1) is 11.8 Å². The highest BCUT2D eigenvalue weighted by Gasteiger charge is 2.32. The number of benzene rings is 1. The number of nitrogens with one attached hydrogen (secondary N) is 1. The van der Waals surface area contributed by atoms with E-state index in [1.54, 1.807) is 0 Å². The maximum Gasteiger partial charge on any atom is 0.491 e. The molecule has 0 amide bonds. The van der Waals surface area contributed by atoms with Gasteiger partial charge in [-0.2, -0.15) is 0 Å². The van der Waals surface area contributed by atoms with Crippen molar-refractivity contribution in [2.75, 3.05) is 19.6 Å². The molecule has 2 fully saturated rings. The zero-order valence-electron chi connectivity index (χ0n) is 14.0. The molecule has 1 saturated carbocycles. The first-order valence-corrected chi connectivity index (χ1v) is 9.06. The third kappa shape index (κ3) is 3.63. The quantitative estimate of drug-likeness (QED) is 0.800. The van der Waals surface area contributed by atoms with Crippen LogP contribution in [0.4, 0.5) is 0 Å².